The van der Waals surface area contributed by atoms with Gasteiger partial charge in [-0.2, -0.15) is 5.10 Å². The molecular weight excluding hydrogens is 284 g/mol. The van der Waals surface area contributed by atoms with Crippen molar-refractivity contribution in [3.63, 3.8) is 0 Å². The molecule has 0 aliphatic heterocycles. The molecule has 0 radical (unpaired) electrons. The van der Waals surface area contributed by atoms with E-state index in [4.69, 9.17) is 27.8 Å². The molecule has 0 atom stereocenters. The van der Waals surface area contributed by atoms with Crippen molar-refractivity contribution >= 4 is 17.2 Å². The summed E-state index contributed by atoms with van der Waals surface area (Å²) in [5.41, 5.74) is 6.68. The number of hydrogen-bond acceptors (Lipinski definition) is 4. The minimum absolute atomic E-state index is 0.489. The van der Waals surface area contributed by atoms with Gasteiger partial charge in [0, 0.05) is 39.4 Å². The van der Waals surface area contributed by atoms with Crippen LogP contribution in [0.5, 0.6) is 0 Å². The summed E-state index contributed by atoms with van der Waals surface area (Å²) >= 11 is 4.96. The molecule has 1 aromatic heterocycles. The molecule has 0 saturated heterocycles. The van der Waals surface area contributed by atoms with E-state index in [1.807, 2.05) is 0 Å². The molecule has 0 amide bonds. The van der Waals surface area contributed by atoms with Crippen LogP contribution in [0.3, 0.4) is 0 Å². The molecule has 0 unspecified atom stereocenters. The third-order valence-electron chi connectivity index (χ3n) is 3.65. The molecule has 0 fully saturated rings. The van der Waals surface area contributed by atoms with Crippen LogP contribution in [0.4, 0.5) is 0 Å². The Kier molecular flexibility index (Phi) is 8.49. The van der Waals surface area contributed by atoms with E-state index in [0.29, 0.717) is 17.6 Å². The third kappa shape index (κ3) is 6.54. The predicted octanol–water partition coefficient (Wildman–Crippen LogP) is 2.37. The molecule has 0 spiro atoms. The van der Waals surface area contributed by atoms with Gasteiger partial charge in [-0.1, -0.05) is 26.1 Å². The van der Waals surface area contributed by atoms with Crippen LogP contribution >= 0.6 is 12.2 Å². The molecular formula is C15H28N4OS. The summed E-state index contributed by atoms with van der Waals surface area (Å²) in [7, 11) is 1.72. The number of thiocarbonyl (C=S) groups is 1. The minimum Gasteiger partial charge on any atom is -0.393 e. The van der Waals surface area contributed by atoms with E-state index < -0.39 is 0 Å². The lowest BCUT2D eigenvalue weighted by Gasteiger charge is -2.20. The standard InChI is InChI=1S/C15H28N4OS/c1-4-14(5-2)19-9-6-13(17-19)12-18(10-11-20-3)8-7-15(16)21/h6,9,14H,4-5,7-8,10-12H2,1-3H3,(H2,16,21). The summed E-state index contributed by atoms with van der Waals surface area (Å²) in [5.74, 6) is 0. The quantitative estimate of drug-likeness (QED) is 0.636. The summed E-state index contributed by atoms with van der Waals surface area (Å²) in [6.45, 7) is 7.60. The molecule has 1 rings (SSSR count). The maximum atomic E-state index is 5.60. The fraction of sp³-hybridized carbons (Fsp3) is 0.733. The Hall–Kier alpha value is -0.980. The van der Waals surface area contributed by atoms with Crippen LogP contribution in [0.15, 0.2) is 12.3 Å². The highest BCUT2D eigenvalue weighted by molar-refractivity contribution is 7.80. The van der Waals surface area contributed by atoms with E-state index in [1.165, 1.54) is 0 Å². The largest absolute Gasteiger partial charge is 0.393 e. The number of aromatic nitrogens is 2. The Morgan fingerprint density at radius 2 is 2.14 bits per heavy atom. The van der Waals surface area contributed by atoms with Crippen molar-refractivity contribution in [1.29, 1.82) is 0 Å². The van der Waals surface area contributed by atoms with Gasteiger partial charge in [-0.3, -0.25) is 9.58 Å². The van der Waals surface area contributed by atoms with E-state index in [0.717, 1.165) is 44.6 Å². The first-order chi connectivity index (χ1) is 10.1. The van der Waals surface area contributed by atoms with E-state index in [2.05, 4.69) is 35.7 Å². The van der Waals surface area contributed by atoms with Crippen molar-refractivity contribution in [2.75, 3.05) is 26.8 Å². The number of nitrogens with two attached hydrogens (primary N) is 1. The second-order valence-corrected chi connectivity index (χ2v) is 5.77. The number of rotatable bonds is 11. The van der Waals surface area contributed by atoms with Crippen LogP contribution in [0.25, 0.3) is 0 Å². The van der Waals surface area contributed by atoms with Crippen LogP contribution in [0.2, 0.25) is 0 Å². The normalized spacial score (nSPS) is 11.5. The average molecular weight is 312 g/mol. The topological polar surface area (TPSA) is 56.3 Å². The Balaban J connectivity index is 2.62. The minimum atomic E-state index is 0.489. The molecule has 120 valence electrons. The molecule has 1 heterocycles. The Morgan fingerprint density at radius 1 is 1.43 bits per heavy atom. The summed E-state index contributed by atoms with van der Waals surface area (Å²) in [6.07, 6.45) is 5.01. The summed E-state index contributed by atoms with van der Waals surface area (Å²) in [6, 6.07) is 2.58. The molecule has 21 heavy (non-hydrogen) atoms. The molecule has 0 aliphatic rings. The Labute approximate surface area is 133 Å². The lowest BCUT2D eigenvalue weighted by molar-refractivity contribution is 0.145. The maximum absolute atomic E-state index is 5.60. The highest BCUT2D eigenvalue weighted by atomic mass is 32.1. The van der Waals surface area contributed by atoms with E-state index in [9.17, 15) is 0 Å². The van der Waals surface area contributed by atoms with Crippen LogP contribution in [0.1, 0.15) is 44.8 Å². The van der Waals surface area contributed by atoms with Gasteiger partial charge in [0.2, 0.25) is 0 Å². The SMILES string of the molecule is CCC(CC)n1ccc(CN(CCOC)CCC(N)=S)n1. The molecule has 6 heteroatoms. The zero-order valence-corrected chi connectivity index (χ0v) is 14.2. The molecule has 2 N–H and O–H groups in total. The van der Waals surface area contributed by atoms with Gasteiger partial charge in [0.15, 0.2) is 0 Å². The van der Waals surface area contributed by atoms with Gasteiger partial charge in [-0.25, -0.2) is 0 Å². The van der Waals surface area contributed by atoms with Gasteiger partial charge in [-0.15, -0.1) is 0 Å². The lowest BCUT2D eigenvalue weighted by Crippen LogP contribution is -2.30. The van der Waals surface area contributed by atoms with Gasteiger partial charge in [0.05, 0.1) is 23.3 Å². The fourth-order valence-corrected chi connectivity index (χ4v) is 2.41. The van der Waals surface area contributed by atoms with Crippen LogP contribution in [-0.4, -0.2) is 46.5 Å². The first kappa shape index (κ1) is 18.1. The first-order valence-corrected chi connectivity index (χ1v) is 8.05. The smallest absolute Gasteiger partial charge is 0.0764 e. The molecule has 0 aliphatic carbocycles. The van der Waals surface area contributed by atoms with Gasteiger partial charge in [0.1, 0.15) is 0 Å². The second kappa shape index (κ2) is 9.87. The van der Waals surface area contributed by atoms with Crippen molar-refractivity contribution < 1.29 is 4.74 Å². The number of hydrogen-bond donors (Lipinski definition) is 1. The van der Waals surface area contributed by atoms with Crippen molar-refractivity contribution in [2.45, 2.75) is 45.7 Å². The molecule has 1 aromatic rings. The van der Waals surface area contributed by atoms with Crippen LogP contribution < -0.4 is 5.73 Å². The van der Waals surface area contributed by atoms with Gasteiger partial charge in [-0.05, 0) is 18.9 Å². The second-order valence-electron chi connectivity index (χ2n) is 5.24. The van der Waals surface area contributed by atoms with Crippen molar-refractivity contribution in [3.8, 4) is 0 Å². The Morgan fingerprint density at radius 3 is 2.71 bits per heavy atom. The van der Waals surface area contributed by atoms with Gasteiger partial charge >= 0.3 is 0 Å². The average Bonchev–Trinajstić information content (AvgIpc) is 2.91. The van der Waals surface area contributed by atoms with E-state index >= 15 is 0 Å². The van der Waals surface area contributed by atoms with Crippen LogP contribution in [-0.2, 0) is 11.3 Å². The van der Waals surface area contributed by atoms with Gasteiger partial charge in [0.25, 0.3) is 0 Å². The summed E-state index contributed by atoms with van der Waals surface area (Å²) in [4.78, 5) is 2.84. The number of nitrogens with zero attached hydrogens (tertiary/aromatic N) is 3. The van der Waals surface area contributed by atoms with E-state index in [-0.39, 0.29) is 0 Å². The fourth-order valence-electron chi connectivity index (χ4n) is 2.32. The summed E-state index contributed by atoms with van der Waals surface area (Å²) in [5, 5.41) is 4.70. The van der Waals surface area contributed by atoms with Crippen molar-refractivity contribution in [3.05, 3.63) is 18.0 Å². The molecule has 0 bridgehead atoms. The number of methoxy groups -OCH3 is 1. The zero-order chi connectivity index (χ0) is 15.7. The number of ether oxygens (including phenoxy) is 1. The maximum Gasteiger partial charge on any atom is 0.0764 e. The summed E-state index contributed by atoms with van der Waals surface area (Å²) < 4.78 is 7.24. The highest BCUT2D eigenvalue weighted by Crippen LogP contribution is 2.15. The zero-order valence-electron chi connectivity index (χ0n) is 13.4. The Bertz CT molecular complexity index is 418. The molecule has 5 nitrogen and oxygen atoms in total. The van der Waals surface area contributed by atoms with Crippen molar-refractivity contribution in [2.24, 2.45) is 5.73 Å². The monoisotopic (exact) mass is 312 g/mol. The van der Waals surface area contributed by atoms with E-state index in [1.54, 1.807) is 7.11 Å². The predicted molar refractivity (Wildman–Crippen MR) is 90.4 cm³/mol. The van der Waals surface area contributed by atoms with Crippen molar-refractivity contribution in [1.82, 2.24) is 14.7 Å². The third-order valence-corrected chi connectivity index (χ3v) is 3.86. The highest BCUT2D eigenvalue weighted by Gasteiger charge is 2.11. The lowest BCUT2D eigenvalue weighted by atomic mass is 10.2. The van der Waals surface area contributed by atoms with Gasteiger partial charge < -0.3 is 10.5 Å². The first-order valence-electron chi connectivity index (χ1n) is 7.64. The van der Waals surface area contributed by atoms with Crippen LogP contribution in [0, 0.1) is 0 Å². The molecule has 0 aromatic carbocycles. The molecule has 0 saturated carbocycles.